The van der Waals surface area contributed by atoms with Crippen LogP contribution in [0, 0.1) is 11.8 Å². The Morgan fingerprint density at radius 1 is 1.15 bits per heavy atom. The van der Waals surface area contributed by atoms with Crippen molar-refractivity contribution in [1.29, 1.82) is 0 Å². The van der Waals surface area contributed by atoms with Gasteiger partial charge in [0.15, 0.2) is 0 Å². The first-order valence-corrected chi connectivity index (χ1v) is 9.84. The number of ether oxygens (including phenoxy) is 1. The van der Waals surface area contributed by atoms with Gasteiger partial charge in [-0.05, 0) is 55.7 Å². The quantitative estimate of drug-likeness (QED) is 0.813. The topological polar surface area (TPSA) is 58.6 Å². The van der Waals surface area contributed by atoms with E-state index in [2.05, 4.69) is 5.32 Å². The Morgan fingerprint density at radius 3 is 2.35 bits per heavy atom. The van der Waals surface area contributed by atoms with Gasteiger partial charge in [0, 0.05) is 25.4 Å². The fraction of sp³-hybridized carbons (Fsp3) is 0.619. The van der Waals surface area contributed by atoms with E-state index in [9.17, 15) is 9.59 Å². The summed E-state index contributed by atoms with van der Waals surface area (Å²) in [6, 6.07) is 8.10. The summed E-state index contributed by atoms with van der Waals surface area (Å²) in [6.45, 7) is 3.43. The van der Waals surface area contributed by atoms with Gasteiger partial charge in [-0.1, -0.05) is 19.1 Å². The number of likely N-dealkylation sites (tertiary alicyclic amines) is 1. The van der Waals surface area contributed by atoms with Gasteiger partial charge in [-0.3, -0.25) is 9.59 Å². The van der Waals surface area contributed by atoms with Crippen molar-refractivity contribution < 1.29 is 14.3 Å². The smallest absolute Gasteiger partial charge is 0.223 e. The highest BCUT2D eigenvalue weighted by molar-refractivity contribution is 5.80. The molecule has 2 aliphatic rings. The van der Waals surface area contributed by atoms with Crippen LogP contribution >= 0.6 is 0 Å². The van der Waals surface area contributed by atoms with Crippen LogP contribution in [0.25, 0.3) is 0 Å². The number of rotatable bonds is 7. The molecular formula is C21H30N2O3. The number of carbonyl (C=O) groups excluding carboxylic acids is 2. The van der Waals surface area contributed by atoms with E-state index >= 15 is 0 Å². The first-order valence-electron chi connectivity index (χ1n) is 9.84. The summed E-state index contributed by atoms with van der Waals surface area (Å²) in [5.41, 5.74) is 1.15. The normalized spacial score (nSPS) is 19.1. The van der Waals surface area contributed by atoms with Crippen LogP contribution in [0.5, 0.6) is 5.75 Å². The molecule has 2 amide bonds. The lowest BCUT2D eigenvalue weighted by atomic mass is 9.94. The zero-order chi connectivity index (χ0) is 18.5. The molecule has 1 heterocycles. The van der Waals surface area contributed by atoms with Crippen molar-refractivity contribution in [1.82, 2.24) is 10.2 Å². The third-order valence-corrected chi connectivity index (χ3v) is 5.55. The van der Waals surface area contributed by atoms with E-state index in [1.54, 1.807) is 7.11 Å². The first-order chi connectivity index (χ1) is 12.6. The van der Waals surface area contributed by atoms with Gasteiger partial charge in [0.1, 0.15) is 5.75 Å². The summed E-state index contributed by atoms with van der Waals surface area (Å²) in [5.74, 6) is 1.75. The van der Waals surface area contributed by atoms with Crippen molar-refractivity contribution in [3.8, 4) is 5.75 Å². The fourth-order valence-electron chi connectivity index (χ4n) is 3.75. The summed E-state index contributed by atoms with van der Waals surface area (Å²) in [7, 11) is 1.66. The van der Waals surface area contributed by atoms with E-state index in [0.29, 0.717) is 25.4 Å². The molecule has 2 fully saturated rings. The Labute approximate surface area is 156 Å². The predicted octanol–water partition coefficient (Wildman–Crippen LogP) is 3.30. The number of nitrogens with zero attached hydrogens (tertiary/aromatic N) is 1. The van der Waals surface area contributed by atoms with Crippen LogP contribution in [-0.4, -0.2) is 36.9 Å². The minimum absolute atomic E-state index is 0.0141. The van der Waals surface area contributed by atoms with E-state index in [1.165, 1.54) is 12.8 Å². The van der Waals surface area contributed by atoms with Crippen LogP contribution < -0.4 is 10.1 Å². The average molecular weight is 358 g/mol. The third-order valence-electron chi connectivity index (χ3n) is 5.55. The van der Waals surface area contributed by atoms with Crippen molar-refractivity contribution in [2.24, 2.45) is 11.8 Å². The molecule has 142 valence electrons. The molecule has 0 unspecified atom stereocenters. The largest absolute Gasteiger partial charge is 0.497 e. The predicted molar refractivity (Wildman–Crippen MR) is 101 cm³/mol. The molecule has 1 atom stereocenters. The first kappa shape index (κ1) is 18.7. The molecule has 1 aliphatic carbocycles. The lowest BCUT2D eigenvalue weighted by Gasteiger charge is -2.32. The number of carbonyl (C=O) groups is 2. The number of piperidine rings is 1. The molecule has 1 N–H and O–H groups in total. The number of methoxy groups -OCH3 is 1. The minimum Gasteiger partial charge on any atom is -0.497 e. The molecule has 0 radical (unpaired) electrons. The molecule has 0 spiro atoms. The van der Waals surface area contributed by atoms with Gasteiger partial charge in [-0.15, -0.1) is 0 Å². The summed E-state index contributed by atoms with van der Waals surface area (Å²) in [4.78, 5) is 26.7. The molecule has 1 saturated carbocycles. The maximum absolute atomic E-state index is 12.8. The molecule has 0 bridgehead atoms. The van der Waals surface area contributed by atoms with Crippen LogP contribution in [0.3, 0.4) is 0 Å². The van der Waals surface area contributed by atoms with Crippen LogP contribution in [0.4, 0.5) is 0 Å². The molecule has 26 heavy (non-hydrogen) atoms. The Balaban J connectivity index is 1.56. The summed E-state index contributed by atoms with van der Waals surface area (Å²) in [5, 5.41) is 3.29. The van der Waals surface area contributed by atoms with Crippen molar-refractivity contribution in [3.05, 3.63) is 29.8 Å². The highest BCUT2D eigenvalue weighted by atomic mass is 16.5. The zero-order valence-corrected chi connectivity index (χ0v) is 15.9. The molecule has 1 aromatic rings. The van der Waals surface area contributed by atoms with E-state index in [4.69, 9.17) is 4.74 Å². The van der Waals surface area contributed by atoms with E-state index in [-0.39, 0.29) is 23.8 Å². The molecule has 1 saturated heterocycles. The number of benzene rings is 1. The van der Waals surface area contributed by atoms with Crippen molar-refractivity contribution >= 4 is 11.8 Å². The van der Waals surface area contributed by atoms with Gasteiger partial charge < -0.3 is 15.0 Å². The maximum atomic E-state index is 12.8. The highest BCUT2D eigenvalue weighted by Crippen LogP contribution is 2.41. The molecular weight excluding hydrogens is 328 g/mol. The molecule has 5 nitrogen and oxygen atoms in total. The van der Waals surface area contributed by atoms with Crippen molar-refractivity contribution in [2.75, 3.05) is 20.2 Å². The van der Waals surface area contributed by atoms with Gasteiger partial charge in [0.05, 0.1) is 13.2 Å². The number of hydrogen-bond acceptors (Lipinski definition) is 3. The Hall–Kier alpha value is -2.04. The Kier molecular flexibility index (Phi) is 6.17. The van der Waals surface area contributed by atoms with Gasteiger partial charge in [0.2, 0.25) is 11.8 Å². The van der Waals surface area contributed by atoms with Gasteiger partial charge in [-0.2, -0.15) is 0 Å². The standard InChI is InChI=1S/C21H30N2O3/c1-3-4-19(24)23-13-11-17(12-14-23)21(25)22-20(15-5-6-15)16-7-9-18(26-2)10-8-16/h7-10,15,17,20H,3-6,11-14H2,1-2H3,(H,22,25)/t20-/m0/s1. The fourth-order valence-corrected chi connectivity index (χ4v) is 3.75. The van der Waals surface area contributed by atoms with E-state index in [0.717, 1.165) is 30.6 Å². The third kappa shape index (κ3) is 4.57. The van der Waals surface area contributed by atoms with E-state index < -0.39 is 0 Å². The Morgan fingerprint density at radius 2 is 1.81 bits per heavy atom. The molecule has 0 aromatic heterocycles. The second-order valence-corrected chi connectivity index (χ2v) is 7.50. The Bertz CT molecular complexity index is 617. The zero-order valence-electron chi connectivity index (χ0n) is 15.9. The average Bonchev–Trinajstić information content (AvgIpc) is 3.51. The molecule has 1 aromatic carbocycles. The summed E-state index contributed by atoms with van der Waals surface area (Å²) >= 11 is 0. The van der Waals surface area contributed by atoms with E-state index in [1.807, 2.05) is 36.1 Å². The number of amides is 2. The van der Waals surface area contributed by atoms with Crippen LogP contribution in [0.1, 0.15) is 57.1 Å². The summed E-state index contributed by atoms with van der Waals surface area (Å²) in [6.07, 6.45) is 5.35. The molecule has 5 heteroatoms. The minimum atomic E-state index is 0.0141. The SMILES string of the molecule is CCCC(=O)N1CCC(C(=O)N[C@H](c2ccc(OC)cc2)C2CC2)CC1. The lowest BCUT2D eigenvalue weighted by Crippen LogP contribution is -2.43. The van der Waals surface area contributed by atoms with Crippen LogP contribution in [-0.2, 0) is 9.59 Å². The second kappa shape index (κ2) is 8.56. The van der Waals surface area contributed by atoms with Gasteiger partial charge >= 0.3 is 0 Å². The second-order valence-electron chi connectivity index (χ2n) is 7.50. The molecule has 3 rings (SSSR count). The lowest BCUT2D eigenvalue weighted by molar-refractivity contribution is -0.135. The van der Waals surface area contributed by atoms with Crippen LogP contribution in [0.15, 0.2) is 24.3 Å². The van der Waals surface area contributed by atoms with Crippen molar-refractivity contribution in [2.45, 2.75) is 51.5 Å². The monoisotopic (exact) mass is 358 g/mol. The van der Waals surface area contributed by atoms with Crippen molar-refractivity contribution in [3.63, 3.8) is 0 Å². The molecule has 1 aliphatic heterocycles. The van der Waals surface area contributed by atoms with Crippen LogP contribution in [0.2, 0.25) is 0 Å². The van der Waals surface area contributed by atoms with Gasteiger partial charge in [0.25, 0.3) is 0 Å². The van der Waals surface area contributed by atoms with Gasteiger partial charge in [-0.25, -0.2) is 0 Å². The number of nitrogens with one attached hydrogen (secondary N) is 1. The number of hydrogen-bond donors (Lipinski definition) is 1. The highest BCUT2D eigenvalue weighted by Gasteiger charge is 2.35. The maximum Gasteiger partial charge on any atom is 0.223 e. The summed E-state index contributed by atoms with van der Waals surface area (Å²) < 4.78 is 5.23.